The van der Waals surface area contributed by atoms with Gasteiger partial charge in [-0.2, -0.15) is 5.26 Å². The fraction of sp³-hybridized carbons (Fsp3) is 0.833. The standard InChI is InChI=1S/C12H17NO4/c13-5-1-2-9-3-4-11-12(8-15,17-9)6-10(7-14)16-11/h7,9-11,15H,1-4,6,8H2/t9-,10+,11-,12+/m0/s1. The minimum Gasteiger partial charge on any atom is -0.393 e. The molecule has 2 heterocycles. The van der Waals surface area contributed by atoms with Gasteiger partial charge in [0, 0.05) is 12.8 Å². The minimum atomic E-state index is -0.732. The van der Waals surface area contributed by atoms with E-state index in [1.807, 2.05) is 0 Å². The Morgan fingerprint density at radius 1 is 1.53 bits per heavy atom. The maximum atomic E-state index is 10.8. The number of aldehydes is 1. The third-order valence-corrected chi connectivity index (χ3v) is 3.62. The maximum Gasteiger partial charge on any atom is 0.148 e. The van der Waals surface area contributed by atoms with Crippen LogP contribution in [0.5, 0.6) is 0 Å². The summed E-state index contributed by atoms with van der Waals surface area (Å²) < 4.78 is 11.4. The first kappa shape index (κ1) is 12.5. The van der Waals surface area contributed by atoms with Crippen LogP contribution in [0.3, 0.4) is 0 Å². The first-order valence-electron chi connectivity index (χ1n) is 6.00. The van der Waals surface area contributed by atoms with Gasteiger partial charge in [0.2, 0.25) is 0 Å². The summed E-state index contributed by atoms with van der Waals surface area (Å²) >= 11 is 0. The van der Waals surface area contributed by atoms with Gasteiger partial charge in [0.25, 0.3) is 0 Å². The molecule has 17 heavy (non-hydrogen) atoms. The molecular formula is C12H17NO4. The van der Waals surface area contributed by atoms with E-state index in [1.165, 1.54) is 0 Å². The largest absolute Gasteiger partial charge is 0.393 e. The van der Waals surface area contributed by atoms with Crippen LogP contribution in [0, 0.1) is 11.3 Å². The van der Waals surface area contributed by atoms with E-state index >= 15 is 0 Å². The van der Waals surface area contributed by atoms with E-state index in [-0.39, 0.29) is 18.8 Å². The zero-order valence-corrected chi connectivity index (χ0v) is 9.67. The summed E-state index contributed by atoms with van der Waals surface area (Å²) in [7, 11) is 0. The Balaban J connectivity index is 2.03. The maximum absolute atomic E-state index is 10.8. The van der Waals surface area contributed by atoms with E-state index in [9.17, 15) is 9.90 Å². The number of hydrogen-bond donors (Lipinski definition) is 1. The first-order valence-corrected chi connectivity index (χ1v) is 6.00. The fourth-order valence-corrected chi connectivity index (χ4v) is 2.75. The number of hydrogen-bond acceptors (Lipinski definition) is 5. The predicted molar refractivity (Wildman–Crippen MR) is 58.1 cm³/mol. The third-order valence-electron chi connectivity index (χ3n) is 3.62. The van der Waals surface area contributed by atoms with E-state index in [1.54, 1.807) is 0 Å². The molecule has 2 saturated heterocycles. The number of ether oxygens (including phenoxy) is 2. The second kappa shape index (κ2) is 5.13. The molecule has 2 rings (SSSR count). The molecule has 0 saturated carbocycles. The second-order valence-corrected chi connectivity index (χ2v) is 4.74. The number of carbonyl (C=O) groups excluding carboxylic acids is 1. The molecule has 0 aromatic carbocycles. The number of aliphatic hydroxyl groups is 1. The Labute approximate surface area is 100 Å². The lowest BCUT2D eigenvalue weighted by molar-refractivity contribution is -0.183. The summed E-state index contributed by atoms with van der Waals surface area (Å²) in [5.41, 5.74) is -0.732. The monoisotopic (exact) mass is 239 g/mol. The second-order valence-electron chi connectivity index (χ2n) is 4.74. The zero-order valence-electron chi connectivity index (χ0n) is 9.67. The molecule has 0 aliphatic carbocycles. The van der Waals surface area contributed by atoms with Crippen molar-refractivity contribution >= 4 is 6.29 Å². The van der Waals surface area contributed by atoms with E-state index in [0.29, 0.717) is 19.3 Å². The van der Waals surface area contributed by atoms with Crippen LogP contribution in [0.2, 0.25) is 0 Å². The summed E-state index contributed by atoms with van der Waals surface area (Å²) in [6.45, 7) is -0.134. The van der Waals surface area contributed by atoms with Crippen molar-refractivity contribution in [2.24, 2.45) is 0 Å². The normalized spacial score (nSPS) is 40.6. The Morgan fingerprint density at radius 2 is 2.35 bits per heavy atom. The Bertz CT molecular complexity index is 327. The van der Waals surface area contributed by atoms with Crippen LogP contribution >= 0.6 is 0 Å². The highest BCUT2D eigenvalue weighted by Gasteiger charge is 2.52. The summed E-state index contributed by atoms with van der Waals surface area (Å²) in [5, 5.41) is 18.1. The molecule has 0 spiro atoms. The van der Waals surface area contributed by atoms with Crippen LogP contribution in [0.4, 0.5) is 0 Å². The number of fused-ring (bicyclic) bond motifs is 1. The van der Waals surface area contributed by atoms with Gasteiger partial charge in [-0.1, -0.05) is 0 Å². The van der Waals surface area contributed by atoms with Crippen molar-refractivity contribution in [2.45, 2.75) is 56.0 Å². The molecule has 2 fully saturated rings. The smallest absolute Gasteiger partial charge is 0.148 e. The molecule has 2 aliphatic heterocycles. The fourth-order valence-electron chi connectivity index (χ4n) is 2.75. The number of nitriles is 1. The Hall–Kier alpha value is -0.960. The number of rotatable bonds is 4. The van der Waals surface area contributed by atoms with E-state index in [0.717, 1.165) is 19.1 Å². The quantitative estimate of drug-likeness (QED) is 0.725. The highest BCUT2D eigenvalue weighted by Crippen LogP contribution is 2.41. The van der Waals surface area contributed by atoms with Gasteiger partial charge in [0.05, 0.1) is 24.9 Å². The van der Waals surface area contributed by atoms with Gasteiger partial charge < -0.3 is 19.4 Å². The molecule has 0 amide bonds. The Morgan fingerprint density at radius 3 is 3.00 bits per heavy atom. The number of carbonyl (C=O) groups is 1. The molecule has 0 bridgehead atoms. The lowest BCUT2D eigenvalue weighted by Crippen LogP contribution is -2.51. The highest BCUT2D eigenvalue weighted by atomic mass is 16.6. The molecule has 2 aliphatic rings. The van der Waals surface area contributed by atoms with Gasteiger partial charge in [-0.05, 0) is 19.3 Å². The van der Waals surface area contributed by atoms with Gasteiger partial charge >= 0.3 is 0 Å². The topological polar surface area (TPSA) is 79.5 Å². The zero-order chi connectivity index (χ0) is 12.3. The van der Waals surface area contributed by atoms with Crippen LogP contribution in [-0.2, 0) is 14.3 Å². The predicted octanol–water partition coefficient (Wildman–Crippen LogP) is 0.557. The molecule has 4 atom stereocenters. The molecular weight excluding hydrogens is 222 g/mol. The van der Waals surface area contributed by atoms with Gasteiger partial charge in [-0.25, -0.2) is 0 Å². The summed E-state index contributed by atoms with van der Waals surface area (Å²) in [6, 6.07) is 2.10. The van der Waals surface area contributed by atoms with Gasteiger partial charge in [-0.3, -0.25) is 0 Å². The van der Waals surface area contributed by atoms with Crippen LogP contribution < -0.4 is 0 Å². The molecule has 1 N–H and O–H groups in total. The summed E-state index contributed by atoms with van der Waals surface area (Å²) in [5.74, 6) is 0. The summed E-state index contributed by atoms with van der Waals surface area (Å²) in [4.78, 5) is 10.8. The SMILES string of the molecule is N#CCC[C@H]1CC[C@@H]2O[C@@H](C=O)C[C@]2(CO)O1. The minimum absolute atomic E-state index is 0.00736. The number of nitrogens with zero attached hydrogens (tertiary/aromatic N) is 1. The van der Waals surface area contributed by atoms with Gasteiger partial charge in [-0.15, -0.1) is 0 Å². The van der Waals surface area contributed by atoms with Crippen molar-refractivity contribution in [3.8, 4) is 6.07 Å². The lowest BCUT2D eigenvalue weighted by atomic mass is 9.86. The molecule has 0 radical (unpaired) electrons. The third kappa shape index (κ3) is 2.34. The van der Waals surface area contributed by atoms with Crippen molar-refractivity contribution in [3.05, 3.63) is 0 Å². The van der Waals surface area contributed by atoms with Crippen LogP contribution in [0.15, 0.2) is 0 Å². The van der Waals surface area contributed by atoms with Crippen molar-refractivity contribution < 1.29 is 19.4 Å². The average Bonchev–Trinajstić information content (AvgIpc) is 2.74. The van der Waals surface area contributed by atoms with Crippen molar-refractivity contribution in [1.29, 1.82) is 5.26 Å². The Kier molecular flexibility index (Phi) is 3.77. The van der Waals surface area contributed by atoms with Crippen LogP contribution in [0.25, 0.3) is 0 Å². The van der Waals surface area contributed by atoms with E-state index < -0.39 is 11.7 Å². The summed E-state index contributed by atoms with van der Waals surface area (Å²) in [6.07, 6.45) is 3.24. The van der Waals surface area contributed by atoms with Crippen LogP contribution in [-0.4, -0.2) is 41.9 Å². The number of aliphatic hydroxyl groups excluding tert-OH is 1. The first-order chi connectivity index (χ1) is 8.24. The van der Waals surface area contributed by atoms with Gasteiger partial charge in [0.15, 0.2) is 0 Å². The molecule has 0 aromatic rings. The van der Waals surface area contributed by atoms with E-state index in [4.69, 9.17) is 14.7 Å². The van der Waals surface area contributed by atoms with E-state index in [2.05, 4.69) is 6.07 Å². The molecule has 5 heteroatoms. The molecule has 0 unspecified atom stereocenters. The van der Waals surface area contributed by atoms with Crippen molar-refractivity contribution in [2.75, 3.05) is 6.61 Å². The van der Waals surface area contributed by atoms with Crippen molar-refractivity contribution in [1.82, 2.24) is 0 Å². The molecule has 0 aromatic heterocycles. The lowest BCUT2D eigenvalue weighted by Gasteiger charge is -2.40. The molecule has 5 nitrogen and oxygen atoms in total. The van der Waals surface area contributed by atoms with Gasteiger partial charge in [0.1, 0.15) is 18.0 Å². The van der Waals surface area contributed by atoms with Crippen LogP contribution in [0.1, 0.15) is 32.1 Å². The average molecular weight is 239 g/mol. The van der Waals surface area contributed by atoms with Crippen molar-refractivity contribution in [3.63, 3.8) is 0 Å². The molecule has 94 valence electrons. The highest BCUT2D eigenvalue weighted by molar-refractivity contribution is 5.57.